The number of hydrogen-bond acceptors (Lipinski definition) is 6. The monoisotopic (exact) mass is 471 g/mol. The summed E-state index contributed by atoms with van der Waals surface area (Å²) in [4.78, 5) is 33.2. The first kappa shape index (κ1) is 23.1. The second-order valence-electron chi connectivity index (χ2n) is 8.71. The van der Waals surface area contributed by atoms with Gasteiger partial charge in [0.25, 0.3) is 5.91 Å². The van der Waals surface area contributed by atoms with Crippen molar-refractivity contribution in [2.45, 2.75) is 45.3 Å². The van der Waals surface area contributed by atoms with Crippen LogP contribution in [-0.2, 0) is 9.59 Å². The van der Waals surface area contributed by atoms with Crippen molar-refractivity contribution in [3.05, 3.63) is 58.9 Å². The zero-order chi connectivity index (χ0) is 23.7. The van der Waals surface area contributed by atoms with Crippen LogP contribution in [0.5, 0.6) is 5.75 Å². The van der Waals surface area contributed by atoms with Crippen molar-refractivity contribution in [2.75, 3.05) is 6.54 Å². The van der Waals surface area contributed by atoms with E-state index in [0.717, 1.165) is 10.8 Å². The molecule has 0 bridgehead atoms. The van der Waals surface area contributed by atoms with Gasteiger partial charge in [-0.05, 0) is 47.9 Å². The normalized spacial score (nSPS) is 19.2. The van der Waals surface area contributed by atoms with E-state index in [1.807, 2.05) is 32.0 Å². The van der Waals surface area contributed by atoms with Crippen LogP contribution in [0.2, 0.25) is 5.02 Å². The minimum atomic E-state index is -0.864. The maximum atomic E-state index is 13.4. The van der Waals surface area contributed by atoms with E-state index in [2.05, 4.69) is 10.6 Å². The van der Waals surface area contributed by atoms with Gasteiger partial charge in [-0.2, -0.15) is 5.48 Å². The summed E-state index contributed by atoms with van der Waals surface area (Å²) >= 11 is 6.02. The molecule has 1 aliphatic rings. The summed E-state index contributed by atoms with van der Waals surface area (Å²) in [6.45, 7) is 5.64. The molecule has 0 aliphatic carbocycles. The molecular formula is C24H26ClN3O5. The van der Waals surface area contributed by atoms with Crippen molar-refractivity contribution in [3.63, 3.8) is 0 Å². The number of benzene rings is 2. The summed E-state index contributed by atoms with van der Waals surface area (Å²) in [7, 11) is 0. The third-order valence-corrected chi connectivity index (χ3v) is 6.03. The SMILES string of the molecule is Cc1cc([C@H](C(=O)N2C[C@H](O)C[C@H]2C(=O)NOc2ccc3cc(Cl)ccc3c2)C(C)C)on1. The lowest BCUT2D eigenvalue weighted by atomic mass is 9.91. The highest BCUT2D eigenvalue weighted by Gasteiger charge is 2.43. The van der Waals surface area contributed by atoms with Crippen LogP contribution in [-0.4, -0.2) is 45.7 Å². The lowest BCUT2D eigenvalue weighted by Crippen LogP contribution is -2.48. The van der Waals surface area contributed by atoms with Crippen LogP contribution < -0.4 is 10.3 Å². The molecule has 8 nitrogen and oxygen atoms in total. The van der Waals surface area contributed by atoms with Crippen molar-refractivity contribution in [3.8, 4) is 5.75 Å². The first-order valence-electron chi connectivity index (χ1n) is 10.8. The fourth-order valence-electron chi connectivity index (χ4n) is 4.19. The Morgan fingerprint density at radius 2 is 1.94 bits per heavy atom. The fourth-order valence-corrected chi connectivity index (χ4v) is 4.37. The number of fused-ring (bicyclic) bond motifs is 1. The summed E-state index contributed by atoms with van der Waals surface area (Å²) in [5, 5.41) is 16.6. The Balaban J connectivity index is 1.48. The van der Waals surface area contributed by atoms with Gasteiger partial charge in [-0.15, -0.1) is 0 Å². The number of nitrogens with one attached hydrogen (secondary N) is 1. The van der Waals surface area contributed by atoms with Crippen LogP contribution in [0.3, 0.4) is 0 Å². The highest BCUT2D eigenvalue weighted by atomic mass is 35.5. The predicted molar refractivity (Wildman–Crippen MR) is 123 cm³/mol. The summed E-state index contributed by atoms with van der Waals surface area (Å²) < 4.78 is 5.35. The van der Waals surface area contributed by atoms with Crippen molar-refractivity contribution < 1.29 is 24.1 Å². The van der Waals surface area contributed by atoms with E-state index < -0.39 is 24.0 Å². The van der Waals surface area contributed by atoms with Crippen LogP contribution in [0.1, 0.15) is 37.6 Å². The quantitative estimate of drug-likeness (QED) is 0.532. The molecule has 3 aromatic rings. The molecule has 0 spiro atoms. The van der Waals surface area contributed by atoms with E-state index in [1.54, 1.807) is 31.2 Å². The first-order chi connectivity index (χ1) is 15.7. The standard InChI is InChI=1S/C24H26ClN3O5/c1-13(2)22(21-8-14(3)26-33-21)24(31)28-12-18(29)11-20(28)23(30)27-32-19-7-5-15-9-17(25)6-4-16(15)10-19/h4-10,13,18,20,22,29H,11-12H2,1-3H3,(H,27,30)/t18-,20+,22-/m1/s1. The molecule has 1 aromatic heterocycles. The molecule has 33 heavy (non-hydrogen) atoms. The van der Waals surface area contributed by atoms with Crippen LogP contribution in [0.25, 0.3) is 10.8 Å². The van der Waals surface area contributed by atoms with Crippen molar-refractivity contribution >= 4 is 34.2 Å². The van der Waals surface area contributed by atoms with E-state index in [9.17, 15) is 14.7 Å². The fraction of sp³-hybridized carbons (Fsp3) is 0.375. The number of carbonyl (C=O) groups is 2. The van der Waals surface area contributed by atoms with Crippen molar-refractivity contribution in [2.24, 2.45) is 5.92 Å². The Kier molecular flexibility index (Phi) is 6.58. The predicted octanol–water partition coefficient (Wildman–Crippen LogP) is 3.60. The van der Waals surface area contributed by atoms with Gasteiger partial charge >= 0.3 is 0 Å². The highest BCUT2D eigenvalue weighted by Crippen LogP contribution is 2.31. The topological polar surface area (TPSA) is 105 Å². The zero-order valence-electron chi connectivity index (χ0n) is 18.6. The molecule has 2 heterocycles. The summed E-state index contributed by atoms with van der Waals surface area (Å²) in [6, 6.07) is 11.7. The Labute approximate surface area is 196 Å². The zero-order valence-corrected chi connectivity index (χ0v) is 19.4. The second kappa shape index (κ2) is 9.41. The third kappa shape index (κ3) is 4.96. The molecule has 1 saturated heterocycles. The third-order valence-electron chi connectivity index (χ3n) is 5.79. The molecule has 1 aliphatic heterocycles. The van der Waals surface area contributed by atoms with Gasteiger partial charge in [0.2, 0.25) is 5.91 Å². The number of likely N-dealkylation sites (tertiary alicyclic amines) is 1. The molecule has 9 heteroatoms. The molecule has 2 aromatic carbocycles. The molecule has 0 unspecified atom stereocenters. The maximum absolute atomic E-state index is 13.4. The summed E-state index contributed by atoms with van der Waals surface area (Å²) in [6.07, 6.45) is -0.684. The van der Waals surface area contributed by atoms with E-state index in [1.165, 1.54) is 4.90 Å². The number of halogens is 1. The van der Waals surface area contributed by atoms with Crippen LogP contribution >= 0.6 is 11.6 Å². The molecule has 3 atom stereocenters. The number of aliphatic hydroxyl groups excluding tert-OH is 1. The number of amides is 2. The van der Waals surface area contributed by atoms with Crippen molar-refractivity contribution in [1.29, 1.82) is 0 Å². The molecule has 2 N–H and O–H groups in total. The van der Waals surface area contributed by atoms with Gasteiger partial charge in [-0.25, -0.2) is 0 Å². The van der Waals surface area contributed by atoms with E-state index in [4.69, 9.17) is 21.0 Å². The summed E-state index contributed by atoms with van der Waals surface area (Å²) in [5.74, 6) is -0.617. The second-order valence-corrected chi connectivity index (χ2v) is 9.15. The van der Waals surface area contributed by atoms with Gasteiger partial charge in [0.1, 0.15) is 17.7 Å². The molecular weight excluding hydrogens is 446 g/mol. The largest absolute Gasteiger partial charge is 0.391 e. The first-order valence-corrected chi connectivity index (χ1v) is 11.2. The number of hydroxylamine groups is 1. The van der Waals surface area contributed by atoms with Crippen LogP contribution in [0.4, 0.5) is 0 Å². The maximum Gasteiger partial charge on any atom is 0.275 e. The molecule has 4 rings (SSSR count). The average Bonchev–Trinajstić information content (AvgIpc) is 3.37. The Bertz CT molecular complexity index is 1180. The van der Waals surface area contributed by atoms with Crippen LogP contribution in [0.15, 0.2) is 47.0 Å². The number of β-amino-alcohol motifs (C(OH)–C–C–N with tert-alkyl or cyclic N) is 1. The lowest BCUT2D eigenvalue weighted by molar-refractivity contribution is -0.143. The Morgan fingerprint density at radius 1 is 1.21 bits per heavy atom. The Morgan fingerprint density at radius 3 is 2.64 bits per heavy atom. The minimum absolute atomic E-state index is 0.0595. The lowest BCUT2D eigenvalue weighted by Gasteiger charge is -2.28. The van der Waals surface area contributed by atoms with Gasteiger partial charge < -0.3 is 19.4 Å². The van der Waals surface area contributed by atoms with Crippen molar-refractivity contribution in [1.82, 2.24) is 15.5 Å². The van der Waals surface area contributed by atoms with E-state index in [-0.39, 0.29) is 24.8 Å². The smallest absolute Gasteiger partial charge is 0.275 e. The molecule has 0 saturated carbocycles. The highest BCUT2D eigenvalue weighted by molar-refractivity contribution is 6.31. The number of aryl methyl sites for hydroxylation is 1. The Hall–Kier alpha value is -3.10. The number of aliphatic hydroxyl groups is 1. The molecule has 0 radical (unpaired) electrons. The van der Waals surface area contributed by atoms with E-state index >= 15 is 0 Å². The van der Waals surface area contributed by atoms with Gasteiger partial charge in [0.05, 0.1) is 11.8 Å². The van der Waals surface area contributed by atoms with E-state index in [0.29, 0.717) is 22.2 Å². The number of nitrogens with zero attached hydrogens (tertiary/aromatic N) is 2. The summed E-state index contributed by atoms with van der Waals surface area (Å²) in [5.41, 5.74) is 3.10. The van der Waals surface area contributed by atoms with Gasteiger partial charge in [-0.3, -0.25) is 9.59 Å². The number of carbonyl (C=O) groups excluding carboxylic acids is 2. The number of aromatic nitrogens is 1. The van der Waals surface area contributed by atoms with Gasteiger partial charge in [-0.1, -0.05) is 42.7 Å². The number of rotatable bonds is 6. The number of hydrogen-bond donors (Lipinski definition) is 2. The van der Waals surface area contributed by atoms with Crippen LogP contribution in [0, 0.1) is 12.8 Å². The molecule has 2 amide bonds. The molecule has 1 fully saturated rings. The molecule has 174 valence electrons. The van der Waals surface area contributed by atoms with Gasteiger partial charge in [0.15, 0.2) is 5.75 Å². The average molecular weight is 472 g/mol. The minimum Gasteiger partial charge on any atom is -0.391 e. The van der Waals surface area contributed by atoms with Gasteiger partial charge in [0, 0.05) is 24.1 Å².